The van der Waals surface area contributed by atoms with Gasteiger partial charge in [0.1, 0.15) is 0 Å². The molecule has 0 fully saturated rings. The summed E-state index contributed by atoms with van der Waals surface area (Å²) in [6.07, 6.45) is 0. The van der Waals surface area contributed by atoms with Gasteiger partial charge < -0.3 is 41.7 Å². The molecule has 0 bridgehead atoms. The second-order valence-corrected chi connectivity index (χ2v) is 6.79. The van der Waals surface area contributed by atoms with Crippen LogP contribution >= 0.6 is 0 Å². The van der Waals surface area contributed by atoms with Crippen LogP contribution in [0.3, 0.4) is 0 Å². The van der Waals surface area contributed by atoms with E-state index in [1.54, 1.807) is 121 Å². The highest BCUT2D eigenvalue weighted by Crippen LogP contribution is 2.10. The van der Waals surface area contributed by atoms with Crippen molar-refractivity contribution >= 4 is 40.1 Å². The van der Waals surface area contributed by atoms with E-state index in [1.165, 1.54) is 0 Å². The summed E-state index contributed by atoms with van der Waals surface area (Å²) < 4.78 is 0. The second-order valence-electron chi connectivity index (χ2n) is 6.79. The molecular weight excluding hydrogens is 555 g/mol. The monoisotopic (exact) mass is 579 g/mol. The lowest BCUT2D eigenvalue weighted by atomic mass is 10.3. The minimum Gasteiger partial charge on any atom is -0.592 e. The van der Waals surface area contributed by atoms with Gasteiger partial charge in [-0.25, -0.2) is 0 Å². The van der Waals surface area contributed by atoms with E-state index in [4.69, 9.17) is 20.8 Å². The zero-order valence-electron chi connectivity index (χ0n) is 21.1. The van der Waals surface area contributed by atoms with Gasteiger partial charge in [0.25, 0.3) is 0 Å². The Morgan fingerprint density at radius 2 is 0.488 bits per heavy atom. The van der Waals surface area contributed by atoms with Crippen molar-refractivity contribution in [1.82, 2.24) is 0 Å². The fraction of sp³-hybridized carbons (Fsp3) is 0. The summed E-state index contributed by atoms with van der Waals surface area (Å²) in [5.41, 5.74) is 1.24. The van der Waals surface area contributed by atoms with Crippen molar-refractivity contribution in [3.63, 3.8) is 0 Å². The van der Waals surface area contributed by atoms with Gasteiger partial charge in [-0.15, -0.1) is 0 Å². The van der Waals surface area contributed by atoms with Crippen LogP contribution in [-0.2, 0) is 0 Å². The predicted octanol–water partition coefficient (Wildman–Crippen LogP) is 6.30. The second kappa shape index (κ2) is 21.2. The van der Waals surface area contributed by atoms with Crippen molar-refractivity contribution in [2.75, 3.05) is 0 Å². The lowest BCUT2D eigenvalue weighted by molar-refractivity contribution is -0.474. The Kier molecular flexibility index (Phi) is 18.2. The zero-order valence-corrected chi connectivity index (χ0v) is 22.3. The van der Waals surface area contributed by atoms with Crippen molar-refractivity contribution in [3.8, 4) is 0 Å². The molecule has 0 saturated heterocycles. The predicted molar refractivity (Wildman–Crippen MR) is 142 cm³/mol. The van der Waals surface area contributed by atoms with E-state index in [9.17, 15) is 20.8 Å². The smallest absolute Gasteiger partial charge is 0.248 e. The third-order valence-electron chi connectivity index (χ3n) is 4.23. The maximum Gasteiger partial charge on any atom is 0.248 e. The molecule has 0 aliphatic heterocycles. The Bertz CT molecular complexity index is 1150. The van der Waals surface area contributed by atoms with Gasteiger partial charge in [0.2, 0.25) is 43.9 Å². The fourth-order valence-electron chi connectivity index (χ4n) is 2.43. The topological polar surface area (TPSA) is 235 Å². The summed E-state index contributed by atoms with van der Waals surface area (Å²) >= 11 is 0. The van der Waals surface area contributed by atoms with Gasteiger partial charge in [-0.3, -0.25) is 0 Å². The van der Waals surface area contributed by atoms with Gasteiger partial charge in [0, 0.05) is 65.9 Å². The van der Waals surface area contributed by atoms with Crippen molar-refractivity contribution in [2.24, 2.45) is 21.1 Å². The van der Waals surface area contributed by atoms with Gasteiger partial charge in [0.15, 0.2) is 0 Å². The lowest BCUT2D eigenvalue weighted by Crippen LogP contribution is -1.88. The van der Waals surface area contributed by atoms with E-state index in [1.807, 2.05) is 0 Å². The van der Waals surface area contributed by atoms with Crippen molar-refractivity contribution in [3.05, 3.63) is 142 Å². The third-order valence-corrected chi connectivity index (χ3v) is 4.23. The Morgan fingerprint density at radius 3 is 0.610 bits per heavy atom. The molecule has 17 heteroatoms. The van der Waals surface area contributed by atoms with Gasteiger partial charge in [0.05, 0.1) is 0 Å². The molecule has 0 aliphatic rings. The Labute approximate surface area is 243 Å². The Morgan fingerprint density at radius 1 is 0.341 bits per heavy atom. The molecule has 4 rings (SSSR count). The zero-order chi connectivity index (χ0) is 29.6. The van der Waals surface area contributed by atoms with Crippen LogP contribution in [0.25, 0.3) is 0 Å². The standard InChI is InChI=1S/4C6H6N2O2.Al/c4*9-7-8(10)6-4-2-1-3-5-6;/h4*1-5,9H;. The number of hydrogen-bond acceptors (Lipinski definition) is 8. The van der Waals surface area contributed by atoms with Crippen LogP contribution in [0, 0.1) is 20.8 Å². The van der Waals surface area contributed by atoms with Gasteiger partial charge >= 0.3 is 0 Å². The van der Waals surface area contributed by atoms with Crippen molar-refractivity contribution in [2.45, 2.75) is 0 Å². The van der Waals surface area contributed by atoms with E-state index in [0.717, 1.165) is 0 Å². The molecule has 3 radical (unpaired) electrons. The molecule has 16 nitrogen and oxygen atoms in total. The third kappa shape index (κ3) is 14.1. The average Bonchev–Trinajstić information content (AvgIpc) is 3.05. The first-order valence-electron chi connectivity index (χ1n) is 10.9. The molecule has 4 aromatic rings. The molecule has 0 saturated carbocycles. The first-order chi connectivity index (χ1) is 19.4. The van der Waals surface area contributed by atoms with E-state index in [-0.39, 0.29) is 36.8 Å². The molecule has 0 heterocycles. The summed E-state index contributed by atoms with van der Waals surface area (Å²) in [4.78, 5) is 0.556. The van der Waals surface area contributed by atoms with Gasteiger partial charge in [-0.1, -0.05) is 72.8 Å². The van der Waals surface area contributed by atoms with Crippen molar-refractivity contribution in [1.29, 1.82) is 0 Å². The average molecular weight is 579 g/mol. The highest BCUT2D eigenvalue weighted by atomic mass is 27.0. The number of benzene rings is 4. The van der Waals surface area contributed by atoms with Crippen LogP contribution in [0.5, 0.6) is 0 Å². The number of nitrogens with zero attached hydrogens (tertiary/aromatic N) is 8. The summed E-state index contributed by atoms with van der Waals surface area (Å²) in [5, 5.41) is 83.9. The maximum atomic E-state index is 10.5. The molecular formula is C24H24AlN8O8. The molecule has 0 spiro atoms. The first-order valence-corrected chi connectivity index (χ1v) is 10.9. The maximum absolute atomic E-state index is 10.5. The minimum absolute atomic E-state index is 0. The largest absolute Gasteiger partial charge is 0.592 e. The van der Waals surface area contributed by atoms with Crippen LogP contribution in [0.4, 0.5) is 22.7 Å². The van der Waals surface area contributed by atoms with Crippen LogP contribution in [0.15, 0.2) is 142 Å². The van der Waals surface area contributed by atoms with Crippen molar-refractivity contribution < 1.29 is 40.3 Å². The molecule has 41 heavy (non-hydrogen) atoms. The minimum atomic E-state index is 0. The molecule has 4 N–H and O–H groups in total. The highest BCUT2D eigenvalue weighted by Gasteiger charge is 2.00. The fourth-order valence-corrected chi connectivity index (χ4v) is 2.43. The van der Waals surface area contributed by atoms with Crippen LogP contribution < -0.4 is 0 Å². The molecule has 0 aliphatic carbocycles. The van der Waals surface area contributed by atoms with Gasteiger partial charge in [-0.2, -0.15) is 0 Å². The van der Waals surface area contributed by atoms with E-state index in [0.29, 0.717) is 22.7 Å². The van der Waals surface area contributed by atoms with E-state index in [2.05, 4.69) is 21.1 Å². The van der Waals surface area contributed by atoms with Crippen LogP contribution in [-0.4, -0.2) is 57.6 Å². The number of rotatable bonds is 4. The molecule has 0 aromatic heterocycles. The summed E-state index contributed by atoms with van der Waals surface area (Å²) in [7, 11) is 0. The first kappa shape index (κ1) is 35.2. The summed E-state index contributed by atoms with van der Waals surface area (Å²) in [6, 6.07) is 33.0. The number of para-hydroxylation sites is 4. The summed E-state index contributed by atoms with van der Waals surface area (Å²) in [6.45, 7) is 0. The lowest BCUT2D eigenvalue weighted by Gasteiger charge is -1.93. The van der Waals surface area contributed by atoms with Gasteiger partial charge in [-0.05, 0) is 19.4 Å². The summed E-state index contributed by atoms with van der Waals surface area (Å²) in [5.74, 6) is 0. The molecule has 0 atom stereocenters. The Hall–Kier alpha value is -5.79. The molecule has 4 aromatic carbocycles. The number of hydrogen-bond donors (Lipinski definition) is 4. The molecule has 211 valence electrons. The van der Waals surface area contributed by atoms with Crippen LogP contribution in [0.2, 0.25) is 0 Å². The van der Waals surface area contributed by atoms with Crippen LogP contribution in [0.1, 0.15) is 0 Å². The Balaban J connectivity index is 0.000000516. The quantitative estimate of drug-likeness (QED) is 0.0924. The normalized spacial score (nSPS) is 11.1. The molecule has 0 unspecified atom stereocenters. The van der Waals surface area contributed by atoms with E-state index < -0.39 is 0 Å². The molecule has 0 amide bonds. The highest BCUT2D eigenvalue weighted by molar-refractivity contribution is 5.75. The van der Waals surface area contributed by atoms with E-state index >= 15 is 0 Å². The SMILES string of the molecule is [Al].[O-][N+](=NO)c1ccccc1.[O-][N+](=NO)c1ccccc1.[O-][N+](=NO)c1ccccc1.[O-][N+](=NO)c1ccccc1.